The van der Waals surface area contributed by atoms with Crippen LogP contribution < -0.4 is 14.8 Å². The van der Waals surface area contributed by atoms with E-state index in [0.29, 0.717) is 35.2 Å². The molecule has 0 radical (unpaired) electrons. The molecule has 0 fully saturated rings. The van der Waals surface area contributed by atoms with Crippen LogP contribution in [-0.2, 0) is 4.79 Å². The van der Waals surface area contributed by atoms with E-state index in [2.05, 4.69) is 10.5 Å². The van der Waals surface area contributed by atoms with E-state index in [-0.39, 0.29) is 17.6 Å². The molecule has 0 saturated carbocycles. The minimum absolute atomic E-state index is 0.0131. The van der Waals surface area contributed by atoms with E-state index in [1.165, 1.54) is 0 Å². The lowest BCUT2D eigenvalue weighted by atomic mass is 9.72. The Morgan fingerprint density at radius 2 is 1.88 bits per heavy atom. The normalized spacial score (nSPS) is 19.8. The number of nitrogens with one attached hydrogen (secondary N) is 1. The second kappa shape index (κ2) is 8.02. The maximum Gasteiger partial charge on any atom is 0.233 e. The second-order valence-electron chi connectivity index (χ2n) is 8.16. The summed E-state index contributed by atoms with van der Waals surface area (Å²) in [6, 6.07) is 13.5. The van der Waals surface area contributed by atoms with Crippen LogP contribution in [0, 0.1) is 6.92 Å². The number of benzene rings is 2. The molecular weight excluding hydrogens is 428 g/mol. The van der Waals surface area contributed by atoms with E-state index in [1.54, 1.807) is 14.2 Å². The van der Waals surface area contributed by atoms with Crippen LogP contribution >= 0.6 is 11.6 Å². The molecule has 2 atom stereocenters. The highest BCUT2D eigenvalue weighted by Gasteiger charge is 2.41. The van der Waals surface area contributed by atoms with Gasteiger partial charge >= 0.3 is 0 Å². The third kappa shape index (κ3) is 3.35. The van der Waals surface area contributed by atoms with Gasteiger partial charge in [-0.25, -0.2) is 0 Å². The molecule has 0 amide bonds. The third-order valence-corrected chi connectivity index (χ3v) is 6.55. The fraction of sp³-hybridized carbons (Fsp3) is 0.280. The first-order chi connectivity index (χ1) is 15.5. The topological polar surface area (TPSA) is 73.6 Å². The molecule has 1 N–H and O–H groups in total. The standard InChI is InChI=1S/C25H23ClN2O4/c1-13-22-23(15-5-4-6-17(26)9-15)24-18(27-25(22)32-28-13)10-16(11-19(24)29)14-7-8-20(30-2)21(12-14)31-3/h4-9,12,16,23,27H,10-11H2,1-3H3/t16-,23-/m1/s1. The minimum atomic E-state index is -0.259. The molecule has 3 aromatic rings. The van der Waals surface area contributed by atoms with Crippen LogP contribution in [0.1, 0.15) is 47.1 Å². The molecular formula is C25H23ClN2O4. The first-order valence-electron chi connectivity index (χ1n) is 10.5. The van der Waals surface area contributed by atoms with Gasteiger partial charge in [0.25, 0.3) is 0 Å². The van der Waals surface area contributed by atoms with Crippen molar-refractivity contribution >= 4 is 23.3 Å². The number of Topliss-reactive ketones (excluding diaryl/α,β-unsaturated/α-hetero) is 1. The van der Waals surface area contributed by atoms with Crippen LogP contribution in [0.15, 0.2) is 58.3 Å². The number of ketones is 1. The Bertz CT molecular complexity index is 1250. The average molecular weight is 451 g/mol. The van der Waals surface area contributed by atoms with Gasteiger partial charge in [-0.3, -0.25) is 4.79 Å². The van der Waals surface area contributed by atoms with Gasteiger partial charge in [0.15, 0.2) is 17.3 Å². The smallest absolute Gasteiger partial charge is 0.233 e. The van der Waals surface area contributed by atoms with Crippen molar-refractivity contribution in [2.75, 3.05) is 19.5 Å². The van der Waals surface area contributed by atoms with Gasteiger partial charge in [0, 0.05) is 28.6 Å². The number of carbonyl (C=O) groups excluding carboxylic acids is 1. The molecule has 0 saturated heterocycles. The first kappa shape index (κ1) is 20.6. The van der Waals surface area contributed by atoms with Gasteiger partial charge in [-0.1, -0.05) is 35.0 Å². The van der Waals surface area contributed by atoms with E-state index in [4.69, 9.17) is 25.6 Å². The fourth-order valence-corrected chi connectivity index (χ4v) is 5.03. The third-order valence-electron chi connectivity index (χ3n) is 6.32. The van der Waals surface area contributed by atoms with Crippen molar-refractivity contribution in [3.8, 4) is 11.5 Å². The monoisotopic (exact) mass is 450 g/mol. The lowest BCUT2D eigenvalue weighted by Crippen LogP contribution is -2.29. The van der Waals surface area contributed by atoms with E-state index >= 15 is 0 Å². The van der Waals surface area contributed by atoms with Crippen molar-refractivity contribution in [3.63, 3.8) is 0 Å². The zero-order valence-corrected chi connectivity index (χ0v) is 18.8. The number of hydrogen-bond donors (Lipinski definition) is 1. The summed E-state index contributed by atoms with van der Waals surface area (Å²) in [6.07, 6.45) is 1.08. The molecule has 2 heterocycles. The molecule has 1 aliphatic carbocycles. The number of carbonyl (C=O) groups is 1. The maximum atomic E-state index is 13.6. The van der Waals surface area contributed by atoms with Crippen LogP contribution in [0.2, 0.25) is 5.02 Å². The summed E-state index contributed by atoms with van der Waals surface area (Å²) in [4.78, 5) is 13.6. The zero-order chi connectivity index (χ0) is 22.4. The van der Waals surface area contributed by atoms with E-state index in [0.717, 1.165) is 33.7 Å². The lowest BCUT2D eigenvalue weighted by molar-refractivity contribution is -0.116. The molecule has 0 unspecified atom stereocenters. The van der Waals surface area contributed by atoms with Crippen molar-refractivity contribution in [2.24, 2.45) is 0 Å². The molecule has 164 valence electrons. The molecule has 7 heteroatoms. The number of methoxy groups -OCH3 is 2. The maximum absolute atomic E-state index is 13.6. The number of aryl methyl sites for hydroxylation is 1. The van der Waals surface area contributed by atoms with Crippen LogP contribution in [0.3, 0.4) is 0 Å². The molecule has 6 nitrogen and oxygen atoms in total. The van der Waals surface area contributed by atoms with Gasteiger partial charge in [0.2, 0.25) is 5.88 Å². The number of ether oxygens (including phenoxy) is 2. The van der Waals surface area contributed by atoms with Crippen LogP contribution in [0.25, 0.3) is 0 Å². The predicted molar refractivity (Wildman–Crippen MR) is 122 cm³/mol. The Balaban J connectivity index is 1.58. The number of allylic oxidation sites excluding steroid dienone is 2. The molecule has 1 aliphatic heterocycles. The highest BCUT2D eigenvalue weighted by atomic mass is 35.5. The van der Waals surface area contributed by atoms with Gasteiger partial charge in [0.1, 0.15) is 0 Å². The lowest BCUT2D eigenvalue weighted by Gasteiger charge is -2.34. The predicted octanol–water partition coefficient (Wildman–Crippen LogP) is 5.61. The summed E-state index contributed by atoms with van der Waals surface area (Å²) in [5.41, 5.74) is 5.28. The number of nitrogens with zero attached hydrogens (tertiary/aromatic N) is 1. The van der Waals surface area contributed by atoms with E-state index < -0.39 is 0 Å². The Kier molecular flexibility index (Phi) is 5.18. The van der Waals surface area contributed by atoms with Crippen LogP contribution in [0.5, 0.6) is 11.5 Å². The van der Waals surface area contributed by atoms with Crippen molar-refractivity contribution < 1.29 is 18.8 Å². The molecule has 0 spiro atoms. The Morgan fingerprint density at radius 1 is 1.06 bits per heavy atom. The number of rotatable bonds is 4. The van der Waals surface area contributed by atoms with E-state index in [9.17, 15) is 4.79 Å². The summed E-state index contributed by atoms with van der Waals surface area (Å²) in [5, 5.41) is 8.15. The largest absolute Gasteiger partial charge is 0.493 e. The van der Waals surface area contributed by atoms with Gasteiger partial charge in [0.05, 0.1) is 25.5 Å². The number of aromatic nitrogens is 1. The van der Waals surface area contributed by atoms with Crippen molar-refractivity contribution in [1.82, 2.24) is 5.16 Å². The van der Waals surface area contributed by atoms with Crippen molar-refractivity contribution in [3.05, 3.63) is 81.1 Å². The summed E-state index contributed by atoms with van der Waals surface area (Å²) in [5.74, 6) is 1.77. The summed E-state index contributed by atoms with van der Waals surface area (Å²) >= 11 is 6.30. The average Bonchev–Trinajstić information content (AvgIpc) is 3.17. The second-order valence-corrected chi connectivity index (χ2v) is 8.60. The number of fused-ring (bicyclic) bond motifs is 1. The number of hydrogen-bond acceptors (Lipinski definition) is 6. The van der Waals surface area contributed by atoms with Crippen molar-refractivity contribution in [2.45, 2.75) is 31.6 Å². The van der Waals surface area contributed by atoms with Crippen molar-refractivity contribution in [1.29, 1.82) is 0 Å². The molecule has 0 bridgehead atoms. The SMILES string of the molecule is COc1ccc([C@H]2CC(=O)C3=C(C2)Nc2onc(C)c2[C@H]3c2cccc(Cl)c2)cc1OC. The Hall–Kier alpha value is -3.25. The highest BCUT2D eigenvalue weighted by Crippen LogP contribution is 2.49. The van der Waals surface area contributed by atoms with Gasteiger partial charge in [-0.05, 0) is 54.7 Å². The molecule has 32 heavy (non-hydrogen) atoms. The summed E-state index contributed by atoms with van der Waals surface area (Å²) in [6.45, 7) is 1.90. The van der Waals surface area contributed by atoms with Crippen LogP contribution in [0.4, 0.5) is 5.88 Å². The number of anilines is 1. The molecule has 2 aliphatic rings. The van der Waals surface area contributed by atoms with E-state index in [1.807, 2.05) is 49.4 Å². The molecule has 5 rings (SSSR count). The quantitative estimate of drug-likeness (QED) is 0.556. The van der Waals surface area contributed by atoms with Crippen LogP contribution in [-0.4, -0.2) is 25.2 Å². The fourth-order valence-electron chi connectivity index (χ4n) is 4.83. The minimum Gasteiger partial charge on any atom is -0.493 e. The zero-order valence-electron chi connectivity index (χ0n) is 18.1. The molecule has 2 aromatic carbocycles. The summed E-state index contributed by atoms with van der Waals surface area (Å²) < 4.78 is 16.4. The summed E-state index contributed by atoms with van der Waals surface area (Å²) in [7, 11) is 3.22. The van der Waals surface area contributed by atoms with Gasteiger partial charge in [-0.15, -0.1) is 0 Å². The molecule has 1 aromatic heterocycles. The number of halogens is 1. The Morgan fingerprint density at radius 3 is 2.62 bits per heavy atom. The highest BCUT2D eigenvalue weighted by molar-refractivity contribution is 6.30. The van der Waals surface area contributed by atoms with Gasteiger partial charge < -0.3 is 19.3 Å². The Labute approximate surface area is 191 Å². The first-order valence-corrected chi connectivity index (χ1v) is 10.8. The van der Waals surface area contributed by atoms with Gasteiger partial charge in [-0.2, -0.15) is 0 Å².